The number of hydrogen-bond donors (Lipinski definition) is 2. The first kappa shape index (κ1) is 37.7. The first-order valence-electron chi connectivity index (χ1n) is 14.1. The molecule has 1 amide bonds. The molecule has 40 heavy (non-hydrogen) atoms. The average Bonchev–Trinajstić information content (AvgIpc) is 3.32. The average molecular weight is 603 g/mol. The molecule has 9 heteroatoms. The number of fused-ring (bicyclic) bond motifs is 1. The Morgan fingerprint density at radius 3 is 2.10 bits per heavy atom. The maximum atomic E-state index is 13.1. The minimum atomic E-state index is -4.46. The topological polar surface area (TPSA) is 62.2 Å². The predicted molar refractivity (Wildman–Crippen MR) is 166 cm³/mol. The Morgan fingerprint density at radius 2 is 1.65 bits per heavy atom. The molecule has 0 atom stereocenters. The lowest BCUT2D eigenvalue weighted by atomic mass is 10.1. The van der Waals surface area contributed by atoms with Crippen LogP contribution in [0.15, 0.2) is 24.3 Å². The van der Waals surface area contributed by atoms with E-state index < -0.39 is 17.6 Å². The van der Waals surface area contributed by atoms with Crippen LogP contribution in [0.3, 0.4) is 0 Å². The number of amides is 1. The predicted octanol–water partition coefficient (Wildman–Crippen LogP) is 11.5. The molecular weight excluding hydrogens is 557 g/mol. The fourth-order valence-corrected chi connectivity index (χ4v) is 4.49. The van der Waals surface area contributed by atoms with E-state index in [1.165, 1.54) is 44.2 Å². The second kappa shape index (κ2) is 18.9. The largest absolute Gasteiger partial charge is 0.507 e. The van der Waals surface area contributed by atoms with E-state index in [9.17, 15) is 23.1 Å². The number of anilines is 1. The number of alkyl halides is 3. The lowest BCUT2D eigenvalue weighted by Gasteiger charge is -2.08. The van der Waals surface area contributed by atoms with Crippen LogP contribution in [0.25, 0.3) is 10.2 Å². The highest BCUT2D eigenvalue weighted by atomic mass is 35.5. The third-order valence-electron chi connectivity index (χ3n) is 5.65. The van der Waals surface area contributed by atoms with Crippen LogP contribution >= 0.6 is 22.9 Å². The van der Waals surface area contributed by atoms with Crippen LogP contribution in [0, 0.1) is 12.8 Å². The standard InChI is InChI=1S/C18H14ClF3N2O2S.C7H16.C4H10.C2H6/c1-3-9-5-10(18(20,21)22)6-13-14(9)23-17(27-13)24-16(26)12-7-11(19)4-8(2)15(12)25;1-4-5-6-7(2)3;1-3-4-2;1-2/h4-7,25H,3H2,1-2H3,(H,23,24,26);7H,4-6H2,1-3H3;3-4H2,1-2H3;1-2H3. The van der Waals surface area contributed by atoms with Crippen molar-refractivity contribution in [2.24, 2.45) is 5.92 Å². The van der Waals surface area contributed by atoms with Gasteiger partial charge in [-0.3, -0.25) is 10.1 Å². The molecule has 0 aliphatic carbocycles. The first-order chi connectivity index (χ1) is 18.8. The van der Waals surface area contributed by atoms with Crippen LogP contribution in [-0.2, 0) is 12.6 Å². The van der Waals surface area contributed by atoms with E-state index in [2.05, 4.69) is 44.9 Å². The van der Waals surface area contributed by atoms with Gasteiger partial charge in [0.15, 0.2) is 5.13 Å². The van der Waals surface area contributed by atoms with Crippen molar-refractivity contribution in [1.82, 2.24) is 4.98 Å². The highest BCUT2D eigenvalue weighted by molar-refractivity contribution is 7.22. The van der Waals surface area contributed by atoms with Gasteiger partial charge < -0.3 is 5.11 Å². The lowest BCUT2D eigenvalue weighted by molar-refractivity contribution is -0.137. The molecule has 1 aromatic heterocycles. The van der Waals surface area contributed by atoms with Gasteiger partial charge in [-0.25, -0.2) is 4.98 Å². The van der Waals surface area contributed by atoms with Crippen LogP contribution < -0.4 is 5.32 Å². The number of thiazole rings is 1. The maximum absolute atomic E-state index is 13.1. The fourth-order valence-electron chi connectivity index (χ4n) is 3.27. The first-order valence-corrected chi connectivity index (χ1v) is 15.3. The van der Waals surface area contributed by atoms with Gasteiger partial charge in [-0.1, -0.05) is 110 Å². The second-order valence-corrected chi connectivity index (χ2v) is 10.9. The third-order valence-corrected chi connectivity index (χ3v) is 6.78. The van der Waals surface area contributed by atoms with Gasteiger partial charge >= 0.3 is 6.18 Å². The molecule has 0 radical (unpaired) electrons. The van der Waals surface area contributed by atoms with Gasteiger partial charge in [0.1, 0.15) is 5.75 Å². The monoisotopic (exact) mass is 602 g/mol. The number of phenols is 1. The molecule has 2 aromatic carbocycles. The lowest BCUT2D eigenvalue weighted by Crippen LogP contribution is -2.12. The second-order valence-electron chi connectivity index (χ2n) is 9.46. The van der Waals surface area contributed by atoms with E-state index in [-0.39, 0.29) is 21.5 Å². The van der Waals surface area contributed by atoms with Crippen molar-refractivity contribution in [3.05, 3.63) is 51.5 Å². The number of benzene rings is 2. The summed E-state index contributed by atoms with van der Waals surface area (Å²) in [6, 6.07) is 4.91. The van der Waals surface area contributed by atoms with E-state index in [0.717, 1.165) is 29.4 Å². The summed E-state index contributed by atoms with van der Waals surface area (Å²) >= 11 is 6.86. The molecule has 3 aromatic rings. The van der Waals surface area contributed by atoms with E-state index in [1.54, 1.807) is 13.8 Å². The zero-order chi connectivity index (χ0) is 31.0. The van der Waals surface area contributed by atoms with Gasteiger partial charge in [0.25, 0.3) is 5.91 Å². The van der Waals surface area contributed by atoms with Crippen molar-refractivity contribution in [2.45, 2.75) is 107 Å². The van der Waals surface area contributed by atoms with Crippen molar-refractivity contribution in [1.29, 1.82) is 0 Å². The normalized spacial score (nSPS) is 10.7. The minimum absolute atomic E-state index is 0.0362. The number of phenolic OH excluding ortho intramolecular Hbond substituents is 1. The summed E-state index contributed by atoms with van der Waals surface area (Å²) in [4.78, 5) is 16.7. The molecule has 1 heterocycles. The third kappa shape index (κ3) is 12.5. The Labute approximate surface area is 247 Å². The highest BCUT2D eigenvalue weighted by Gasteiger charge is 2.32. The van der Waals surface area contributed by atoms with Crippen LogP contribution in [0.1, 0.15) is 115 Å². The SMILES string of the molecule is CC.CCCC.CCCCC(C)C.CCc1cc(C(F)(F)F)cc2sc(NC(=O)c3cc(Cl)cc(C)c3O)nc12. The summed E-state index contributed by atoms with van der Waals surface area (Å²) in [5.41, 5.74) is 0.498. The summed E-state index contributed by atoms with van der Waals surface area (Å²) in [5, 5.41) is 13.0. The van der Waals surface area contributed by atoms with Gasteiger partial charge in [-0.15, -0.1) is 0 Å². The molecular formula is C31H46ClF3N2O2S. The summed E-state index contributed by atoms with van der Waals surface area (Å²) in [7, 11) is 0. The summed E-state index contributed by atoms with van der Waals surface area (Å²) in [5.74, 6) is 0.0396. The Balaban J connectivity index is 0.000000984. The Morgan fingerprint density at radius 1 is 1.05 bits per heavy atom. The van der Waals surface area contributed by atoms with Crippen molar-refractivity contribution >= 4 is 44.2 Å². The summed E-state index contributed by atoms with van der Waals surface area (Å²) in [6.45, 7) is 18.5. The van der Waals surface area contributed by atoms with Crippen LogP contribution in [0.5, 0.6) is 5.75 Å². The molecule has 0 spiro atoms. The zero-order valence-electron chi connectivity index (χ0n) is 25.4. The molecule has 0 saturated heterocycles. The number of rotatable bonds is 7. The molecule has 0 saturated carbocycles. The highest BCUT2D eigenvalue weighted by Crippen LogP contribution is 2.37. The zero-order valence-corrected chi connectivity index (χ0v) is 26.9. The van der Waals surface area contributed by atoms with E-state index in [4.69, 9.17) is 11.6 Å². The molecule has 0 aliphatic rings. The van der Waals surface area contributed by atoms with Crippen molar-refractivity contribution < 1.29 is 23.1 Å². The molecule has 2 N–H and O–H groups in total. The van der Waals surface area contributed by atoms with Gasteiger partial charge in [0.05, 0.1) is 21.3 Å². The van der Waals surface area contributed by atoms with Crippen molar-refractivity contribution in [3.8, 4) is 5.75 Å². The number of unbranched alkanes of at least 4 members (excludes halogenated alkanes) is 2. The number of nitrogens with zero attached hydrogens (tertiary/aromatic N) is 1. The number of aryl methyl sites for hydroxylation is 2. The summed E-state index contributed by atoms with van der Waals surface area (Å²) in [6.07, 6.45) is 2.69. The van der Waals surface area contributed by atoms with E-state index >= 15 is 0 Å². The number of nitrogens with one attached hydrogen (secondary N) is 1. The van der Waals surface area contributed by atoms with Crippen LogP contribution in [0.4, 0.5) is 18.3 Å². The number of hydrogen-bond acceptors (Lipinski definition) is 4. The number of carbonyl (C=O) groups is 1. The van der Waals surface area contributed by atoms with Crippen molar-refractivity contribution in [2.75, 3.05) is 5.32 Å². The number of aromatic hydroxyl groups is 1. The molecule has 0 aliphatic heterocycles. The van der Waals surface area contributed by atoms with Gasteiger partial charge in [0.2, 0.25) is 0 Å². The number of carbonyl (C=O) groups excluding carboxylic acids is 1. The Kier molecular flexibility index (Phi) is 17.8. The smallest absolute Gasteiger partial charge is 0.416 e. The Hall–Kier alpha value is -2.32. The Bertz CT molecular complexity index is 1180. The van der Waals surface area contributed by atoms with Crippen LogP contribution in [-0.4, -0.2) is 16.0 Å². The quantitative estimate of drug-likeness (QED) is 0.283. The molecule has 226 valence electrons. The van der Waals surface area contributed by atoms with Gasteiger partial charge in [-0.2, -0.15) is 13.2 Å². The van der Waals surface area contributed by atoms with Crippen LogP contribution in [0.2, 0.25) is 5.02 Å². The van der Waals surface area contributed by atoms with E-state index in [0.29, 0.717) is 27.8 Å². The maximum Gasteiger partial charge on any atom is 0.416 e. The number of halogens is 4. The van der Waals surface area contributed by atoms with E-state index in [1.807, 2.05) is 13.8 Å². The molecule has 4 nitrogen and oxygen atoms in total. The number of aromatic nitrogens is 1. The van der Waals surface area contributed by atoms with Gasteiger partial charge in [0, 0.05) is 5.02 Å². The molecule has 0 bridgehead atoms. The molecule has 3 rings (SSSR count). The summed E-state index contributed by atoms with van der Waals surface area (Å²) < 4.78 is 39.5. The van der Waals surface area contributed by atoms with Gasteiger partial charge in [-0.05, 0) is 54.7 Å². The molecule has 0 unspecified atom stereocenters. The minimum Gasteiger partial charge on any atom is -0.507 e. The van der Waals surface area contributed by atoms with Crippen molar-refractivity contribution in [3.63, 3.8) is 0 Å². The fraction of sp³-hybridized carbons (Fsp3) is 0.548. The molecule has 0 fully saturated rings.